The molecule has 1 aliphatic rings. The SMILES string of the molecule is NC1CC[C@]1(O)CC(=O)O. The molecule has 0 aliphatic heterocycles. The van der Waals surface area contributed by atoms with E-state index in [0.29, 0.717) is 6.42 Å². The molecule has 0 aromatic rings. The first kappa shape index (κ1) is 7.50. The maximum absolute atomic E-state index is 10.1. The van der Waals surface area contributed by atoms with E-state index < -0.39 is 11.6 Å². The third kappa shape index (κ3) is 1.12. The van der Waals surface area contributed by atoms with E-state index >= 15 is 0 Å². The van der Waals surface area contributed by atoms with Crippen molar-refractivity contribution in [1.82, 2.24) is 0 Å². The molecule has 0 spiro atoms. The van der Waals surface area contributed by atoms with Gasteiger partial charge in [-0.2, -0.15) is 0 Å². The van der Waals surface area contributed by atoms with E-state index in [9.17, 15) is 9.90 Å². The van der Waals surface area contributed by atoms with Gasteiger partial charge < -0.3 is 15.9 Å². The molecule has 1 saturated carbocycles. The summed E-state index contributed by atoms with van der Waals surface area (Å²) < 4.78 is 0. The smallest absolute Gasteiger partial charge is 0.306 e. The molecular weight excluding hydrogens is 134 g/mol. The van der Waals surface area contributed by atoms with Crippen LogP contribution in [-0.4, -0.2) is 27.8 Å². The second-order valence-electron chi connectivity index (χ2n) is 2.82. The quantitative estimate of drug-likeness (QED) is 0.480. The summed E-state index contributed by atoms with van der Waals surface area (Å²) in [7, 11) is 0. The Labute approximate surface area is 58.6 Å². The molecule has 1 fully saturated rings. The monoisotopic (exact) mass is 145 g/mol. The van der Waals surface area contributed by atoms with Crippen molar-refractivity contribution in [2.45, 2.75) is 30.9 Å². The Balaban J connectivity index is 2.45. The van der Waals surface area contributed by atoms with Crippen LogP contribution in [0.3, 0.4) is 0 Å². The standard InChI is InChI=1S/C6H11NO3/c7-4-1-2-6(4,10)3-5(8)9/h4,10H,1-3,7H2,(H,8,9)/t4?,6-/m0/s1. The summed E-state index contributed by atoms with van der Waals surface area (Å²) in [5, 5.41) is 17.7. The molecule has 4 nitrogen and oxygen atoms in total. The summed E-state index contributed by atoms with van der Waals surface area (Å²) in [6.07, 6.45) is 1.01. The minimum atomic E-state index is -1.12. The van der Waals surface area contributed by atoms with Gasteiger partial charge in [-0.05, 0) is 12.8 Å². The molecule has 0 aromatic heterocycles. The molecular formula is C6H11NO3. The maximum Gasteiger partial charge on any atom is 0.306 e. The fourth-order valence-electron chi connectivity index (χ4n) is 1.13. The second kappa shape index (κ2) is 2.21. The third-order valence-corrected chi connectivity index (χ3v) is 2.04. The van der Waals surface area contributed by atoms with Crippen LogP contribution in [0.2, 0.25) is 0 Å². The Kier molecular flexibility index (Phi) is 1.66. The number of carboxylic acid groups (broad SMARTS) is 1. The lowest BCUT2D eigenvalue weighted by Crippen LogP contribution is -2.57. The molecule has 0 heterocycles. The zero-order valence-electron chi connectivity index (χ0n) is 5.58. The lowest BCUT2D eigenvalue weighted by Gasteiger charge is -2.41. The summed E-state index contributed by atoms with van der Waals surface area (Å²) >= 11 is 0. The van der Waals surface area contributed by atoms with Gasteiger partial charge >= 0.3 is 5.97 Å². The molecule has 0 saturated heterocycles. The van der Waals surface area contributed by atoms with Crippen molar-refractivity contribution < 1.29 is 15.0 Å². The predicted octanol–water partition coefficient (Wildman–Crippen LogP) is -0.687. The molecule has 0 radical (unpaired) electrons. The van der Waals surface area contributed by atoms with E-state index in [1.54, 1.807) is 0 Å². The molecule has 1 aliphatic carbocycles. The van der Waals surface area contributed by atoms with Gasteiger partial charge in [0, 0.05) is 6.04 Å². The molecule has 58 valence electrons. The third-order valence-electron chi connectivity index (χ3n) is 2.04. The Bertz CT molecular complexity index is 159. The lowest BCUT2D eigenvalue weighted by atomic mass is 9.73. The fourth-order valence-corrected chi connectivity index (χ4v) is 1.13. The van der Waals surface area contributed by atoms with E-state index in [-0.39, 0.29) is 12.5 Å². The topological polar surface area (TPSA) is 83.5 Å². The van der Waals surface area contributed by atoms with Gasteiger partial charge in [0.15, 0.2) is 0 Å². The minimum absolute atomic E-state index is 0.228. The van der Waals surface area contributed by atoms with Crippen LogP contribution < -0.4 is 5.73 Å². The fraction of sp³-hybridized carbons (Fsp3) is 0.833. The zero-order valence-corrected chi connectivity index (χ0v) is 5.58. The number of carboxylic acids is 1. The Hall–Kier alpha value is -0.610. The molecule has 4 heteroatoms. The van der Waals surface area contributed by atoms with Crippen LogP contribution in [0.5, 0.6) is 0 Å². The van der Waals surface area contributed by atoms with Crippen molar-refractivity contribution in [3.05, 3.63) is 0 Å². The normalized spacial score (nSPS) is 38.8. The van der Waals surface area contributed by atoms with E-state index in [1.807, 2.05) is 0 Å². The number of carbonyl (C=O) groups is 1. The van der Waals surface area contributed by atoms with Crippen molar-refractivity contribution in [1.29, 1.82) is 0 Å². The molecule has 1 rings (SSSR count). The summed E-state index contributed by atoms with van der Waals surface area (Å²) in [5.41, 5.74) is 4.27. The first-order valence-electron chi connectivity index (χ1n) is 3.24. The van der Waals surface area contributed by atoms with Gasteiger partial charge in [0.05, 0.1) is 12.0 Å². The van der Waals surface area contributed by atoms with Crippen molar-refractivity contribution in [3.63, 3.8) is 0 Å². The first-order valence-corrected chi connectivity index (χ1v) is 3.24. The van der Waals surface area contributed by atoms with E-state index in [4.69, 9.17) is 10.8 Å². The van der Waals surface area contributed by atoms with Gasteiger partial charge in [-0.15, -0.1) is 0 Å². The molecule has 2 atom stereocenters. The van der Waals surface area contributed by atoms with Crippen molar-refractivity contribution in [3.8, 4) is 0 Å². The van der Waals surface area contributed by atoms with Crippen LogP contribution in [0.15, 0.2) is 0 Å². The van der Waals surface area contributed by atoms with Crippen molar-refractivity contribution >= 4 is 5.97 Å². The number of aliphatic carboxylic acids is 1. The van der Waals surface area contributed by atoms with Crippen molar-refractivity contribution in [2.75, 3.05) is 0 Å². The van der Waals surface area contributed by atoms with Crippen LogP contribution in [-0.2, 0) is 4.79 Å². The molecule has 4 N–H and O–H groups in total. The Morgan fingerprint density at radius 3 is 2.50 bits per heavy atom. The average molecular weight is 145 g/mol. The summed E-state index contributed by atoms with van der Waals surface area (Å²) in [6, 6.07) is -0.344. The van der Waals surface area contributed by atoms with Crippen LogP contribution >= 0.6 is 0 Å². The highest BCUT2D eigenvalue weighted by molar-refractivity contribution is 5.68. The maximum atomic E-state index is 10.1. The van der Waals surface area contributed by atoms with Gasteiger partial charge in [0.1, 0.15) is 0 Å². The Morgan fingerprint density at radius 2 is 2.40 bits per heavy atom. The highest BCUT2D eigenvalue weighted by Gasteiger charge is 2.44. The van der Waals surface area contributed by atoms with Crippen LogP contribution in [0.1, 0.15) is 19.3 Å². The van der Waals surface area contributed by atoms with Gasteiger partial charge in [0.2, 0.25) is 0 Å². The number of aliphatic hydroxyl groups is 1. The Morgan fingerprint density at radius 1 is 1.80 bits per heavy atom. The van der Waals surface area contributed by atoms with Gasteiger partial charge in [0.25, 0.3) is 0 Å². The summed E-state index contributed by atoms with van der Waals surface area (Å²) in [6.45, 7) is 0. The summed E-state index contributed by atoms with van der Waals surface area (Å²) in [5.74, 6) is -0.988. The first-order chi connectivity index (χ1) is 4.54. The number of hydrogen-bond acceptors (Lipinski definition) is 3. The van der Waals surface area contributed by atoms with E-state index in [0.717, 1.165) is 6.42 Å². The molecule has 1 unspecified atom stereocenters. The molecule has 0 aromatic carbocycles. The summed E-state index contributed by atoms with van der Waals surface area (Å²) in [4.78, 5) is 10.1. The molecule has 0 amide bonds. The van der Waals surface area contributed by atoms with Gasteiger partial charge in [-0.25, -0.2) is 0 Å². The second-order valence-corrected chi connectivity index (χ2v) is 2.82. The predicted molar refractivity (Wildman–Crippen MR) is 34.4 cm³/mol. The molecule has 10 heavy (non-hydrogen) atoms. The van der Waals surface area contributed by atoms with Crippen LogP contribution in [0.4, 0.5) is 0 Å². The molecule has 0 bridgehead atoms. The van der Waals surface area contributed by atoms with E-state index in [2.05, 4.69) is 0 Å². The van der Waals surface area contributed by atoms with Crippen molar-refractivity contribution in [2.24, 2.45) is 5.73 Å². The number of hydrogen-bond donors (Lipinski definition) is 3. The largest absolute Gasteiger partial charge is 0.481 e. The number of nitrogens with two attached hydrogens (primary N) is 1. The highest BCUT2D eigenvalue weighted by Crippen LogP contribution is 2.33. The average Bonchev–Trinajstić information content (AvgIpc) is 1.84. The van der Waals surface area contributed by atoms with E-state index in [1.165, 1.54) is 0 Å². The minimum Gasteiger partial charge on any atom is -0.481 e. The van der Waals surface area contributed by atoms with Crippen LogP contribution in [0.25, 0.3) is 0 Å². The zero-order chi connectivity index (χ0) is 7.78. The lowest BCUT2D eigenvalue weighted by molar-refractivity contribution is -0.148. The highest BCUT2D eigenvalue weighted by atomic mass is 16.4. The van der Waals surface area contributed by atoms with Crippen LogP contribution in [0, 0.1) is 0 Å². The van der Waals surface area contributed by atoms with Gasteiger partial charge in [-0.1, -0.05) is 0 Å². The number of rotatable bonds is 2. The van der Waals surface area contributed by atoms with Gasteiger partial charge in [-0.3, -0.25) is 4.79 Å².